The molecule has 0 atom stereocenters. The minimum absolute atomic E-state index is 0.572. The Morgan fingerprint density at radius 2 is 2.33 bits per heavy atom. The lowest BCUT2D eigenvalue weighted by Gasteiger charge is -2.03. The van der Waals surface area contributed by atoms with Gasteiger partial charge in [-0.05, 0) is 30.1 Å². The summed E-state index contributed by atoms with van der Waals surface area (Å²) in [7, 11) is 0. The van der Waals surface area contributed by atoms with Crippen LogP contribution < -0.4 is 11.1 Å². The van der Waals surface area contributed by atoms with Gasteiger partial charge < -0.3 is 11.1 Å². The third-order valence-electron chi connectivity index (χ3n) is 1.85. The van der Waals surface area contributed by atoms with Crippen molar-refractivity contribution in [3.05, 3.63) is 35.6 Å². The van der Waals surface area contributed by atoms with E-state index in [0.29, 0.717) is 13.0 Å². The summed E-state index contributed by atoms with van der Waals surface area (Å²) in [5.74, 6) is 1.59. The number of hydrogen-bond donors (Lipinski definition) is 2. The van der Waals surface area contributed by atoms with Crippen LogP contribution in [0.25, 0.3) is 0 Å². The minimum atomic E-state index is 0.572. The Morgan fingerprint density at radius 3 is 3.07 bits per heavy atom. The van der Waals surface area contributed by atoms with Crippen molar-refractivity contribution in [3.63, 3.8) is 0 Å². The lowest BCUT2D eigenvalue weighted by atomic mass is 10.4. The fourth-order valence-corrected chi connectivity index (χ4v) is 1.82. The Hall–Kier alpha value is -1.46. The fourth-order valence-electron chi connectivity index (χ4n) is 1.19. The smallest absolute Gasteiger partial charge is 0.134 e. The van der Waals surface area contributed by atoms with Crippen LogP contribution in [0.1, 0.15) is 5.82 Å². The highest BCUT2D eigenvalue weighted by Gasteiger charge is 1.99. The highest BCUT2D eigenvalue weighted by atomic mass is 32.1. The topological polar surface area (TPSA) is 63.8 Å². The van der Waals surface area contributed by atoms with E-state index in [2.05, 4.69) is 15.3 Å². The van der Waals surface area contributed by atoms with Gasteiger partial charge in [0.25, 0.3) is 0 Å². The second-order valence-electron chi connectivity index (χ2n) is 3.00. The van der Waals surface area contributed by atoms with E-state index >= 15 is 0 Å². The van der Waals surface area contributed by atoms with Crippen LogP contribution in [0, 0.1) is 0 Å². The van der Waals surface area contributed by atoms with Gasteiger partial charge in [-0.15, -0.1) is 11.3 Å². The van der Waals surface area contributed by atoms with Gasteiger partial charge >= 0.3 is 0 Å². The quantitative estimate of drug-likeness (QED) is 0.824. The molecular formula is C10H12N4S. The largest absolute Gasteiger partial charge is 0.332 e. The van der Waals surface area contributed by atoms with Crippen LogP contribution in [-0.4, -0.2) is 16.5 Å². The maximum absolute atomic E-state index is 5.45. The first-order chi connectivity index (χ1) is 7.38. The van der Waals surface area contributed by atoms with Gasteiger partial charge in [-0.25, -0.2) is 9.97 Å². The van der Waals surface area contributed by atoms with Crippen LogP contribution >= 0.6 is 11.3 Å². The molecule has 15 heavy (non-hydrogen) atoms. The van der Waals surface area contributed by atoms with E-state index in [1.807, 2.05) is 23.6 Å². The molecular weight excluding hydrogens is 208 g/mol. The van der Waals surface area contributed by atoms with Crippen LogP contribution in [0.5, 0.6) is 0 Å². The van der Waals surface area contributed by atoms with Crippen LogP contribution in [0.4, 0.5) is 10.8 Å². The summed E-state index contributed by atoms with van der Waals surface area (Å²) in [6.07, 6.45) is 2.45. The minimum Gasteiger partial charge on any atom is -0.332 e. The molecule has 78 valence electrons. The number of anilines is 2. The molecule has 0 saturated heterocycles. The van der Waals surface area contributed by atoms with Gasteiger partial charge in [0, 0.05) is 12.6 Å². The summed E-state index contributed by atoms with van der Waals surface area (Å²) in [4.78, 5) is 8.47. The normalized spacial score (nSPS) is 10.2. The third kappa shape index (κ3) is 2.74. The second kappa shape index (κ2) is 4.86. The SMILES string of the molecule is NCCc1nccc(Nc2cccs2)n1. The van der Waals surface area contributed by atoms with Crippen LogP contribution in [-0.2, 0) is 6.42 Å². The predicted molar refractivity (Wildman–Crippen MR) is 62.4 cm³/mol. The predicted octanol–water partition coefficient (Wildman–Crippen LogP) is 1.78. The zero-order valence-electron chi connectivity index (χ0n) is 8.18. The molecule has 0 aromatic carbocycles. The van der Waals surface area contributed by atoms with Gasteiger partial charge in [0.05, 0.1) is 5.00 Å². The molecule has 0 bridgehead atoms. The first kappa shape index (κ1) is 10.1. The number of nitrogens with zero attached hydrogens (tertiary/aromatic N) is 2. The first-order valence-electron chi connectivity index (χ1n) is 4.71. The van der Waals surface area contributed by atoms with Gasteiger partial charge in [0.2, 0.25) is 0 Å². The lowest BCUT2D eigenvalue weighted by Crippen LogP contribution is -2.07. The molecule has 0 aliphatic heterocycles. The molecule has 0 aliphatic rings. The number of thiophene rings is 1. The van der Waals surface area contributed by atoms with Crippen molar-refractivity contribution in [2.24, 2.45) is 5.73 Å². The van der Waals surface area contributed by atoms with Gasteiger partial charge in [0.15, 0.2) is 0 Å². The van der Waals surface area contributed by atoms with Crippen molar-refractivity contribution in [2.45, 2.75) is 6.42 Å². The summed E-state index contributed by atoms with van der Waals surface area (Å²) in [6.45, 7) is 0.572. The number of hydrogen-bond acceptors (Lipinski definition) is 5. The van der Waals surface area contributed by atoms with E-state index in [1.165, 1.54) is 0 Å². The van der Waals surface area contributed by atoms with E-state index in [4.69, 9.17) is 5.73 Å². The Kier molecular flexibility index (Phi) is 3.26. The Balaban J connectivity index is 2.11. The molecule has 2 aromatic rings. The summed E-state index contributed by atoms with van der Waals surface area (Å²) < 4.78 is 0. The van der Waals surface area contributed by atoms with Crippen LogP contribution in [0.3, 0.4) is 0 Å². The summed E-state index contributed by atoms with van der Waals surface area (Å²) in [5.41, 5.74) is 5.45. The van der Waals surface area contributed by atoms with E-state index in [0.717, 1.165) is 16.6 Å². The highest BCUT2D eigenvalue weighted by Crippen LogP contribution is 2.19. The van der Waals surface area contributed by atoms with E-state index in [9.17, 15) is 0 Å². The zero-order valence-corrected chi connectivity index (χ0v) is 9.00. The van der Waals surface area contributed by atoms with Gasteiger partial charge in [-0.3, -0.25) is 0 Å². The number of nitrogens with one attached hydrogen (secondary N) is 1. The molecule has 2 heterocycles. The number of nitrogens with two attached hydrogens (primary N) is 1. The molecule has 3 N–H and O–H groups in total. The highest BCUT2D eigenvalue weighted by molar-refractivity contribution is 7.14. The van der Waals surface area contributed by atoms with Gasteiger partial charge in [-0.1, -0.05) is 0 Å². The van der Waals surface area contributed by atoms with Crippen molar-refractivity contribution < 1.29 is 0 Å². The Morgan fingerprint density at radius 1 is 1.40 bits per heavy atom. The molecule has 0 spiro atoms. The summed E-state index contributed by atoms with van der Waals surface area (Å²) >= 11 is 1.64. The van der Waals surface area contributed by atoms with E-state index in [-0.39, 0.29) is 0 Å². The first-order valence-corrected chi connectivity index (χ1v) is 5.59. The molecule has 2 aromatic heterocycles. The standard InChI is InChI=1S/C10H12N4S/c11-5-3-8-12-6-4-9(13-8)14-10-2-1-7-15-10/h1-2,4,6-7H,3,5,11H2,(H,12,13,14). The fraction of sp³-hybridized carbons (Fsp3) is 0.200. The Labute approximate surface area is 92.2 Å². The number of aromatic nitrogens is 2. The lowest BCUT2D eigenvalue weighted by molar-refractivity contribution is 0.870. The van der Waals surface area contributed by atoms with Crippen molar-refractivity contribution in [1.82, 2.24) is 9.97 Å². The average Bonchev–Trinajstić information content (AvgIpc) is 2.71. The van der Waals surface area contributed by atoms with E-state index in [1.54, 1.807) is 17.5 Å². The third-order valence-corrected chi connectivity index (χ3v) is 2.63. The molecule has 2 rings (SSSR count). The van der Waals surface area contributed by atoms with Crippen molar-refractivity contribution in [3.8, 4) is 0 Å². The average molecular weight is 220 g/mol. The van der Waals surface area contributed by atoms with Crippen LogP contribution in [0.15, 0.2) is 29.8 Å². The molecule has 0 fully saturated rings. The zero-order chi connectivity index (χ0) is 10.5. The Bertz CT molecular complexity index is 413. The van der Waals surface area contributed by atoms with E-state index < -0.39 is 0 Å². The molecule has 4 nitrogen and oxygen atoms in total. The molecule has 0 amide bonds. The molecule has 0 unspecified atom stereocenters. The second-order valence-corrected chi connectivity index (χ2v) is 3.95. The number of rotatable bonds is 4. The molecule has 0 aliphatic carbocycles. The molecule has 0 radical (unpaired) electrons. The molecule has 5 heteroatoms. The summed E-state index contributed by atoms with van der Waals surface area (Å²) in [5, 5.41) is 6.30. The van der Waals surface area contributed by atoms with Crippen molar-refractivity contribution in [2.75, 3.05) is 11.9 Å². The monoisotopic (exact) mass is 220 g/mol. The van der Waals surface area contributed by atoms with Crippen LogP contribution in [0.2, 0.25) is 0 Å². The maximum Gasteiger partial charge on any atom is 0.134 e. The summed E-state index contributed by atoms with van der Waals surface area (Å²) in [6, 6.07) is 5.85. The maximum atomic E-state index is 5.45. The van der Waals surface area contributed by atoms with Gasteiger partial charge in [-0.2, -0.15) is 0 Å². The van der Waals surface area contributed by atoms with Crippen molar-refractivity contribution >= 4 is 22.2 Å². The van der Waals surface area contributed by atoms with Crippen molar-refractivity contribution in [1.29, 1.82) is 0 Å². The van der Waals surface area contributed by atoms with Gasteiger partial charge in [0.1, 0.15) is 11.6 Å². The molecule has 0 saturated carbocycles.